The SMILES string of the molecule is Cc1cc(C)c(NC(=O)c2ccc(Br)cc2)cn1. The molecule has 1 amide bonds. The van der Waals surface area contributed by atoms with E-state index in [1.165, 1.54) is 0 Å². The van der Waals surface area contributed by atoms with E-state index in [1.54, 1.807) is 18.3 Å². The van der Waals surface area contributed by atoms with Crippen LogP contribution >= 0.6 is 15.9 Å². The van der Waals surface area contributed by atoms with Crippen LogP contribution in [0.3, 0.4) is 0 Å². The predicted octanol–water partition coefficient (Wildman–Crippen LogP) is 3.71. The third-order valence-corrected chi connectivity index (χ3v) is 3.13. The largest absolute Gasteiger partial charge is 0.320 e. The number of nitrogens with zero attached hydrogens (tertiary/aromatic N) is 1. The molecule has 0 spiro atoms. The van der Waals surface area contributed by atoms with Gasteiger partial charge in [0.15, 0.2) is 0 Å². The molecular weight excluding hydrogens is 292 g/mol. The minimum absolute atomic E-state index is 0.128. The molecule has 1 heterocycles. The van der Waals surface area contributed by atoms with Crippen LogP contribution in [0.25, 0.3) is 0 Å². The van der Waals surface area contributed by atoms with Gasteiger partial charge in [0.1, 0.15) is 0 Å². The average molecular weight is 305 g/mol. The minimum Gasteiger partial charge on any atom is -0.320 e. The van der Waals surface area contributed by atoms with Crippen LogP contribution in [0.2, 0.25) is 0 Å². The summed E-state index contributed by atoms with van der Waals surface area (Å²) < 4.78 is 0.951. The van der Waals surface area contributed by atoms with Crippen LogP contribution in [0.5, 0.6) is 0 Å². The molecule has 0 saturated carbocycles. The maximum Gasteiger partial charge on any atom is 0.255 e. The van der Waals surface area contributed by atoms with E-state index in [1.807, 2.05) is 32.0 Å². The molecule has 0 saturated heterocycles. The van der Waals surface area contributed by atoms with Crippen molar-refractivity contribution in [2.45, 2.75) is 13.8 Å². The van der Waals surface area contributed by atoms with Crippen LogP contribution < -0.4 is 5.32 Å². The Morgan fingerprint density at radius 2 is 1.89 bits per heavy atom. The number of hydrogen-bond acceptors (Lipinski definition) is 2. The molecule has 0 aliphatic rings. The molecule has 92 valence electrons. The number of aromatic nitrogens is 1. The molecule has 3 nitrogen and oxygen atoms in total. The lowest BCUT2D eigenvalue weighted by Gasteiger charge is -2.08. The molecule has 0 atom stereocenters. The van der Waals surface area contributed by atoms with Gasteiger partial charge in [-0.3, -0.25) is 9.78 Å². The van der Waals surface area contributed by atoms with E-state index in [0.717, 1.165) is 21.4 Å². The van der Waals surface area contributed by atoms with Crippen molar-refractivity contribution in [1.29, 1.82) is 0 Å². The number of carbonyl (C=O) groups excluding carboxylic acids is 1. The highest BCUT2D eigenvalue weighted by Crippen LogP contribution is 2.16. The van der Waals surface area contributed by atoms with Crippen molar-refractivity contribution in [1.82, 2.24) is 4.98 Å². The monoisotopic (exact) mass is 304 g/mol. The van der Waals surface area contributed by atoms with Gasteiger partial charge in [-0.25, -0.2) is 0 Å². The molecule has 0 unspecified atom stereocenters. The zero-order chi connectivity index (χ0) is 13.1. The number of hydrogen-bond donors (Lipinski definition) is 1. The molecule has 0 fully saturated rings. The third kappa shape index (κ3) is 2.96. The molecule has 18 heavy (non-hydrogen) atoms. The van der Waals surface area contributed by atoms with Crippen LogP contribution in [0.1, 0.15) is 21.6 Å². The first-order chi connectivity index (χ1) is 8.56. The summed E-state index contributed by atoms with van der Waals surface area (Å²) in [5, 5.41) is 2.86. The highest BCUT2D eigenvalue weighted by Gasteiger charge is 2.07. The summed E-state index contributed by atoms with van der Waals surface area (Å²) in [6, 6.07) is 9.17. The van der Waals surface area contributed by atoms with Crippen molar-refractivity contribution in [2.24, 2.45) is 0 Å². The van der Waals surface area contributed by atoms with Gasteiger partial charge in [-0.2, -0.15) is 0 Å². The van der Waals surface area contributed by atoms with Crippen LogP contribution in [0, 0.1) is 13.8 Å². The van der Waals surface area contributed by atoms with Gasteiger partial charge in [-0.1, -0.05) is 15.9 Å². The maximum atomic E-state index is 12.0. The quantitative estimate of drug-likeness (QED) is 0.919. The lowest BCUT2D eigenvalue weighted by Crippen LogP contribution is -2.13. The Morgan fingerprint density at radius 3 is 2.50 bits per heavy atom. The van der Waals surface area contributed by atoms with Gasteiger partial charge < -0.3 is 5.32 Å². The molecule has 0 bridgehead atoms. The van der Waals surface area contributed by atoms with Gasteiger partial charge in [0.05, 0.1) is 11.9 Å². The molecule has 4 heteroatoms. The van der Waals surface area contributed by atoms with E-state index >= 15 is 0 Å². The summed E-state index contributed by atoms with van der Waals surface area (Å²) in [7, 11) is 0. The fourth-order valence-electron chi connectivity index (χ4n) is 1.62. The van der Waals surface area contributed by atoms with E-state index in [9.17, 15) is 4.79 Å². The number of nitrogens with one attached hydrogen (secondary N) is 1. The van der Waals surface area contributed by atoms with Gasteiger partial charge in [-0.05, 0) is 49.7 Å². The first-order valence-corrected chi connectivity index (χ1v) is 6.36. The van der Waals surface area contributed by atoms with Crippen LogP contribution in [0.15, 0.2) is 41.0 Å². The Kier molecular flexibility index (Phi) is 3.77. The first kappa shape index (κ1) is 12.8. The van der Waals surface area contributed by atoms with Gasteiger partial charge in [0.25, 0.3) is 5.91 Å². The van der Waals surface area contributed by atoms with Crippen LogP contribution in [0.4, 0.5) is 5.69 Å². The summed E-state index contributed by atoms with van der Waals surface area (Å²) in [5.74, 6) is -0.128. The first-order valence-electron chi connectivity index (χ1n) is 5.56. The van der Waals surface area contributed by atoms with Crippen LogP contribution in [-0.2, 0) is 0 Å². The highest BCUT2D eigenvalue weighted by atomic mass is 79.9. The van der Waals surface area contributed by atoms with E-state index in [4.69, 9.17) is 0 Å². The number of aryl methyl sites for hydroxylation is 2. The van der Waals surface area contributed by atoms with E-state index < -0.39 is 0 Å². The Bertz CT molecular complexity index is 579. The van der Waals surface area contributed by atoms with Crippen molar-refractivity contribution >= 4 is 27.5 Å². The predicted molar refractivity (Wildman–Crippen MR) is 75.8 cm³/mol. The molecule has 1 aromatic carbocycles. The Balaban J connectivity index is 2.18. The van der Waals surface area contributed by atoms with Gasteiger partial charge >= 0.3 is 0 Å². The van der Waals surface area contributed by atoms with Gasteiger partial charge in [0.2, 0.25) is 0 Å². The lowest BCUT2D eigenvalue weighted by atomic mass is 10.2. The summed E-state index contributed by atoms with van der Waals surface area (Å²) in [4.78, 5) is 16.2. The van der Waals surface area contributed by atoms with Crippen molar-refractivity contribution in [3.8, 4) is 0 Å². The second-order valence-electron chi connectivity index (χ2n) is 4.10. The number of rotatable bonds is 2. The average Bonchev–Trinajstić information content (AvgIpc) is 2.33. The summed E-state index contributed by atoms with van der Waals surface area (Å²) in [6.07, 6.45) is 1.68. The zero-order valence-electron chi connectivity index (χ0n) is 10.2. The number of amides is 1. The molecule has 2 rings (SSSR count). The number of anilines is 1. The summed E-state index contributed by atoms with van der Waals surface area (Å²) in [5.41, 5.74) is 3.31. The molecule has 0 aliphatic carbocycles. The molecule has 0 radical (unpaired) electrons. The van der Waals surface area contributed by atoms with Crippen molar-refractivity contribution < 1.29 is 4.79 Å². The van der Waals surface area contributed by atoms with E-state index in [0.29, 0.717) is 5.56 Å². The smallest absolute Gasteiger partial charge is 0.255 e. The maximum absolute atomic E-state index is 12.0. The third-order valence-electron chi connectivity index (χ3n) is 2.60. The Morgan fingerprint density at radius 1 is 1.22 bits per heavy atom. The standard InChI is InChI=1S/C14H13BrN2O/c1-9-7-10(2)16-8-13(9)17-14(18)11-3-5-12(15)6-4-11/h3-8H,1-2H3,(H,17,18). The van der Waals surface area contributed by atoms with Crippen LogP contribution in [-0.4, -0.2) is 10.9 Å². The summed E-state index contributed by atoms with van der Waals surface area (Å²) >= 11 is 3.34. The lowest BCUT2D eigenvalue weighted by molar-refractivity contribution is 0.102. The molecule has 2 aromatic rings. The number of benzene rings is 1. The molecule has 0 aliphatic heterocycles. The fraction of sp³-hybridized carbons (Fsp3) is 0.143. The van der Waals surface area contributed by atoms with Crippen molar-refractivity contribution in [2.75, 3.05) is 5.32 Å². The van der Waals surface area contributed by atoms with E-state index in [2.05, 4.69) is 26.2 Å². The highest BCUT2D eigenvalue weighted by molar-refractivity contribution is 9.10. The number of halogens is 1. The molecule has 1 aromatic heterocycles. The van der Waals surface area contributed by atoms with Gasteiger partial charge in [-0.15, -0.1) is 0 Å². The number of carbonyl (C=O) groups is 1. The minimum atomic E-state index is -0.128. The zero-order valence-corrected chi connectivity index (χ0v) is 11.8. The normalized spacial score (nSPS) is 10.2. The molecular formula is C14H13BrN2O. The topological polar surface area (TPSA) is 42.0 Å². The molecule has 1 N–H and O–H groups in total. The second-order valence-corrected chi connectivity index (χ2v) is 5.02. The Hall–Kier alpha value is -1.68. The summed E-state index contributed by atoms with van der Waals surface area (Å²) in [6.45, 7) is 3.87. The van der Waals surface area contributed by atoms with Crippen molar-refractivity contribution in [3.05, 3.63) is 57.8 Å². The number of pyridine rings is 1. The van der Waals surface area contributed by atoms with Gasteiger partial charge in [0, 0.05) is 15.7 Å². The second kappa shape index (κ2) is 5.31. The fourth-order valence-corrected chi connectivity index (χ4v) is 1.89. The van der Waals surface area contributed by atoms with E-state index in [-0.39, 0.29) is 5.91 Å². The van der Waals surface area contributed by atoms with Crippen molar-refractivity contribution in [3.63, 3.8) is 0 Å². The Labute approximate surface area is 114 Å².